The zero-order valence-corrected chi connectivity index (χ0v) is 17.5. The van der Waals surface area contributed by atoms with E-state index in [0.717, 1.165) is 36.0 Å². The van der Waals surface area contributed by atoms with E-state index in [2.05, 4.69) is 57.3 Å². The summed E-state index contributed by atoms with van der Waals surface area (Å²) in [5, 5.41) is 3.09. The fourth-order valence-corrected chi connectivity index (χ4v) is 6.80. The standard InChI is InChI=1S/C17H29I2NO/c1-12(7-10-20-21)17-14-4-2-3-13(5-8-18)11-16(14)15(17)6-9-19/h12-17H,2-11H2,1H3. The minimum absolute atomic E-state index is 0.517. The highest BCUT2D eigenvalue weighted by atomic mass is 127. The normalized spacial score (nSPS) is 37.2. The molecule has 2 nitrogen and oxygen atoms in total. The summed E-state index contributed by atoms with van der Waals surface area (Å²) in [6.45, 7) is 2.89. The number of hydrogen-bond acceptors (Lipinski definition) is 2. The van der Waals surface area contributed by atoms with E-state index in [1.165, 1.54) is 47.4 Å². The molecule has 21 heavy (non-hydrogen) atoms. The van der Waals surface area contributed by atoms with E-state index in [0.29, 0.717) is 12.5 Å². The van der Waals surface area contributed by atoms with Crippen molar-refractivity contribution in [3.05, 3.63) is 4.91 Å². The van der Waals surface area contributed by atoms with E-state index in [-0.39, 0.29) is 0 Å². The van der Waals surface area contributed by atoms with Crippen LogP contribution >= 0.6 is 45.2 Å². The Morgan fingerprint density at radius 1 is 1.14 bits per heavy atom. The minimum Gasteiger partial charge on any atom is -0.151 e. The Bertz CT molecular complexity index is 326. The first-order valence-electron chi connectivity index (χ1n) is 8.64. The van der Waals surface area contributed by atoms with Crippen molar-refractivity contribution in [3.8, 4) is 0 Å². The van der Waals surface area contributed by atoms with Gasteiger partial charge in [0.25, 0.3) is 0 Å². The molecular weight excluding hydrogens is 488 g/mol. The van der Waals surface area contributed by atoms with Crippen LogP contribution in [0.2, 0.25) is 0 Å². The van der Waals surface area contributed by atoms with Crippen LogP contribution in [-0.2, 0) is 0 Å². The third kappa shape index (κ3) is 4.54. The monoisotopic (exact) mass is 517 g/mol. The first-order valence-corrected chi connectivity index (χ1v) is 11.7. The van der Waals surface area contributed by atoms with E-state index in [9.17, 15) is 4.91 Å². The number of rotatable bonds is 8. The molecule has 0 aromatic heterocycles. The van der Waals surface area contributed by atoms with Gasteiger partial charge in [-0.3, -0.25) is 0 Å². The SMILES string of the molecule is CC(CCN=O)C1C(CCI)C2CC(CCI)CCCC21. The fraction of sp³-hybridized carbons (Fsp3) is 1.00. The van der Waals surface area contributed by atoms with E-state index in [1.54, 1.807) is 0 Å². The average molecular weight is 517 g/mol. The number of alkyl halides is 2. The molecular formula is C17H29I2NO. The van der Waals surface area contributed by atoms with Crippen LogP contribution in [0.25, 0.3) is 0 Å². The van der Waals surface area contributed by atoms with Crippen LogP contribution < -0.4 is 0 Å². The first-order chi connectivity index (χ1) is 10.2. The molecule has 0 radical (unpaired) electrons. The van der Waals surface area contributed by atoms with Gasteiger partial charge < -0.3 is 0 Å². The Morgan fingerprint density at radius 3 is 2.57 bits per heavy atom. The molecule has 4 heteroatoms. The Labute approximate surface area is 157 Å². The minimum atomic E-state index is 0.517. The van der Waals surface area contributed by atoms with Crippen LogP contribution in [0.4, 0.5) is 0 Å². The fourth-order valence-electron chi connectivity index (χ4n) is 5.20. The molecule has 6 unspecified atom stereocenters. The third-order valence-corrected chi connectivity index (χ3v) is 7.38. The van der Waals surface area contributed by atoms with Crippen molar-refractivity contribution in [1.82, 2.24) is 0 Å². The second-order valence-corrected chi connectivity index (χ2v) is 9.33. The van der Waals surface area contributed by atoms with Gasteiger partial charge >= 0.3 is 0 Å². The second kappa shape index (κ2) is 9.38. The zero-order chi connectivity index (χ0) is 15.2. The molecule has 0 spiro atoms. The molecule has 0 bridgehead atoms. The largest absolute Gasteiger partial charge is 0.151 e. The van der Waals surface area contributed by atoms with Crippen molar-refractivity contribution in [2.24, 2.45) is 40.7 Å². The molecule has 2 aliphatic carbocycles. The highest BCUT2D eigenvalue weighted by Gasteiger charge is 2.51. The van der Waals surface area contributed by atoms with Gasteiger partial charge in [0.15, 0.2) is 0 Å². The summed E-state index contributed by atoms with van der Waals surface area (Å²) in [4.78, 5) is 10.4. The molecule has 2 saturated carbocycles. The first kappa shape index (κ1) is 18.4. The smallest absolute Gasteiger partial charge is 0.0813 e. The van der Waals surface area contributed by atoms with Gasteiger partial charge in [-0.15, -0.1) is 0 Å². The maximum atomic E-state index is 10.4. The maximum absolute atomic E-state index is 10.4. The average Bonchev–Trinajstić information content (AvgIpc) is 2.64. The second-order valence-electron chi connectivity index (χ2n) is 7.18. The molecule has 2 rings (SSSR count). The molecule has 0 N–H and O–H groups in total. The Balaban J connectivity index is 2.00. The van der Waals surface area contributed by atoms with Gasteiger partial charge in [-0.2, -0.15) is 4.91 Å². The summed E-state index contributed by atoms with van der Waals surface area (Å²) in [7, 11) is 0. The summed E-state index contributed by atoms with van der Waals surface area (Å²) in [6.07, 6.45) is 9.66. The molecule has 6 atom stereocenters. The predicted octanol–water partition coefficient (Wildman–Crippen LogP) is 6.10. The van der Waals surface area contributed by atoms with Gasteiger partial charge in [0.1, 0.15) is 0 Å². The Kier molecular flexibility index (Phi) is 8.22. The van der Waals surface area contributed by atoms with Crippen molar-refractivity contribution in [3.63, 3.8) is 0 Å². The van der Waals surface area contributed by atoms with Crippen LogP contribution in [0.15, 0.2) is 5.18 Å². The molecule has 2 aliphatic rings. The highest BCUT2D eigenvalue weighted by molar-refractivity contribution is 14.1. The van der Waals surface area contributed by atoms with Gasteiger partial charge in [-0.1, -0.05) is 70.1 Å². The lowest BCUT2D eigenvalue weighted by Crippen LogP contribution is -2.50. The highest BCUT2D eigenvalue weighted by Crippen LogP contribution is 2.58. The van der Waals surface area contributed by atoms with Gasteiger partial charge in [0.05, 0.1) is 6.54 Å². The van der Waals surface area contributed by atoms with Crippen LogP contribution in [0, 0.1) is 40.4 Å². The van der Waals surface area contributed by atoms with Crippen molar-refractivity contribution in [2.45, 2.75) is 51.9 Å². The molecule has 0 aromatic rings. The van der Waals surface area contributed by atoms with E-state index < -0.39 is 0 Å². The van der Waals surface area contributed by atoms with Crippen LogP contribution in [0.3, 0.4) is 0 Å². The van der Waals surface area contributed by atoms with Crippen LogP contribution in [0.1, 0.15) is 51.9 Å². The molecule has 0 aliphatic heterocycles. The third-order valence-electron chi connectivity index (χ3n) is 6.14. The summed E-state index contributed by atoms with van der Waals surface area (Å²) < 4.78 is 2.61. The Morgan fingerprint density at radius 2 is 1.90 bits per heavy atom. The maximum Gasteiger partial charge on any atom is 0.0813 e. The van der Waals surface area contributed by atoms with Gasteiger partial charge in [-0.05, 0) is 76.5 Å². The number of nitrogens with zero attached hydrogens (tertiary/aromatic N) is 1. The van der Waals surface area contributed by atoms with Gasteiger partial charge in [0, 0.05) is 0 Å². The number of nitroso groups, excluding NO2 is 1. The quantitative estimate of drug-likeness (QED) is 0.218. The molecule has 0 amide bonds. The van der Waals surface area contributed by atoms with Crippen molar-refractivity contribution in [2.75, 3.05) is 15.4 Å². The summed E-state index contributed by atoms with van der Waals surface area (Å²) >= 11 is 5.09. The topological polar surface area (TPSA) is 29.4 Å². The van der Waals surface area contributed by atoms with E-state index >= 15 is 0 Å². The number of hydrogen-bond donors (Lipinski definition) is 0. The van der Waals surface area contributed by atoms with Gasteiger partial charge in [0.2, 0.25) is 0 Å². The summed E-state index contributed by atoms with van der Waals surface area (Å²) in [5.74, 6) is 5.44. The van der Waals surface area contributed by atoms with Crippen LogP contribution in [0.5, 0.6) is 0 Å². The lowest BCUT2D eigenvalue weighted by Gasteiger charge is -2.55. The van der Waals surface area contributed by atoms with Crippen molar-refractivity contribution < 1.29 is 0 Å². The van der Waals surface area contributed by atoms with Gasteiger partial charge in [-0.25, -0.2) is 0 Å². The van der Waals surface area contributed by atoms with E-state index in [4.69, 9.17) is 0 Å². The molecule has 0 saturated heterocycles. The number of fused-ring (bicyclic) bond motifs is 1. The molecule has 0 heterocycles. The lowest BCUT2D eigenvalue weighted by atomic mass is 9.50. The number of halogens is 2. The predicted molar refractivity (Wildman–Crippen MR) is 107 cm³/mol. The van der Waals surface area contributed by atoms with E-state index in [1.807, 2.05) is 0 Å². The van der Waals surface area contributed by atoms with Crippen molar-refractivity contribution >= 4 is 45.2 Å². The molecule has 2 fully saturated rings. The zero-order valence-electron chi connectivity index (χ0n) is 13.1. The molecule has 122 valence electrons. The van der Waals surface area contributed by atoms with Crippen molar-refractivity contribution in [1.29, 1.82) is 0 Å². The summed E-state index contributed by atoms with van der Waals surface area (Å²) in [5.41, 5.74) is 0. The summed E-state index contributed by atoms with van der Waals surface area (Å²) in [6, 6.07) is 0. The van der Waals surface area contributed by atoms with Crippen LogP contribution in [-0.4, -0.2) is 15.4 Å². The lowest BCUT2D eigenvalue weighted by molar-refractivity contribution is -0.0669. The molecule has 0 aromatic carbocycles. The Hall–Kier alpha value is 1.06.